The third kappa shape index (κ3) is 5.39. The Bertz CT molecular complexity index is 904. The minimum Gasteiger partial charge on any atom is -0.370 e. The van der Waals surface area contributed by atoms with Crippen molar-refractivity contribution in [2.75, 3.05) is 31.6 Å². The first kappa shape index (κ1) is 20.5. The zero-order valence-electron chi connectivity index (χ0n) is 16.0. The van der Waals surface area contributed by atoms with Crippen molar-refractivity contribution >= 4 is 23.4 Å². The Morgan fingerprint density at radius 3 is 2.62 bits per heavy atom. The van der Waals surface area contributed by atoms with Crippen LogP contribution in [0.2, 0.25) is 0 Å². The summed E-state index contributed by atoms with van der Waals surface area (Å²) in [6, 6.07) is 13.7. The fourth-order valence-corrected chi connectivity index (χ4v) is 2.95. The predicted molar refractivity (Wildman–Crippen MR) is 104 cm³/mol. The maximum atomic E-state index is 13.5. The van der Waals surface area contributed by atoms with Crippen LogP contribution in [0.25, 0.3) is 0 Å². The molecule has 1 atom stereocenters. The lowest BCUT2D eigenvalue weighted by Crippen LogP contribution is -2.48. The Hall–Kier alpha value is -3.26. The second-order valence-electron chi connectivity index (χ2n) is 6.71. The van der Waals surface area contributed by atoms with Gasteiger partial charge in [0.25, 0.3) is 0 Å². The van der Waals surface area contributed by atoms with Crippen molar-refractivity contribution in [3.63, 3.8) is 0 Å². The lowest BCUT2D eigenvalue weighted by molar-refractivity contribution is -0.141. The monoisotopic (exact) mass is 399 g/mol. The molecule has 0 saturated carbocycles. The fourth-order valence-electron chi connectivity index (χ4n) is 2.95. The first-order chi connectivity index (χ1) is 13.9. The lowest BCUT2D eigenvalue weighted by Gasteiger charge is -2.33. The molecule has 0 bridgehead atoms. The molecule has 2 N–H and O–H groups in total. The van der Waals surface area contributed by atoms with E-state index in [4.69, 9.17) is 4.74 Å². The topological polar surface area (TPSA) is 87.7 Å². The van der Waals surface area contributed by atoms with Crippen molar-refractivity contribution in [3.8, 4) is 0 Å². The van der Waals surface area contributed by atoms with Crippen LogP contribution in [0.3, 0.4) is 0 Å². The molecule has 1 fully saturated rings. The van der Waals surface area contributed by atoms with Gasteiger partial charge in [0, 0.05) is 12.2 Å². The van der Waals surface area contributed by atoms with Gasteiger partial charge in [-0.05, 0) is 30.2 Å². The number of amides is 3. The second-order valence-corrected chi connectivity index (χ2v) is 6.71. The molecule has 8 heteroatoms. The van der Waals surface area contributed by atoms with Gasteiger partial charge in [0.2, 0.25) is 5.91 Å². The highest BCUT2D eigenvalue weighted by molar-refractivity contribution is 6.39. The van der Waals surface area contributed by atoms with Crippen molar-refractivity contribution in [2.24, 2.45) is 0 Å². The average molecular weight is 399 g/mol. The highest BCUT2D eigenvalue weighted by Crippen LogP contribution is 2.21. The Morgan fingerprint density at radius 1 is 1.14 bits per heavy atom. The van der Waals surface area contributed by atoms with Crippen molar-refractivity contribution in [1.82, 2.24) is 10.2 Å². The van der Waals surface area contributed by atoms with Gasteiger partial charge in [-0.3, -0.25) is 14.4 Å². The van der Waals surface area contributed by atoms with E-state index in [0.29, 0.717) is 25.3 Å². The SMILES string of the molecule is Cc1ccc(NC(=O)C(=O)NCC(=O)N2CCO[C@@H](c3ccccc3)C2)cc1F. The summed E-state index contributed by atoms with van der Waals surface area (Å²) in [6.45, 7) is 2.45. The summed E-state index contributed by atoms with van der Waals surface area (Å²) < 4.78 is 19.2. The maximum Gasteiger partial charge on any atom is 0.313 e. The number of aryl methyl sites for hydroxylation is 1. The molecule has 2 aromatic rings. The van der Waals surface area contributed by atoms with E-state index in [9.17, 15) is 18.8 Å². The molecule has 1 aliphatic rings. The molecule has 1 heterocycles. The van der Waals surface area contributed by atoms with E-state index in [-0.39, 0.29) is 24.2 Å². The molecule has 152 valence electrons. The number of hydrogen-bond donors (Lipinski definition) is 2. The van der Waals surface area contributed by atoms with Gasteiger partial charge < -0.3 is 20.3 Å². The van der Waals surface area contributed by atoms with Crippen molar-refractivity contribution in [2.45, 2.75) is 13.0 Å². The third-order valence-electron chi connectivity index (χ3n) is 4.63. The number of ether oxygens (including phenoxy) is 1. The van der Waals surface area contributed by atoms with Crippen molar-refractivity contribution in [3.05, 3.63) is 65.5 Å². The second kappa shape index (κ2) is 9.29. The normalized spacial score (nSPS) is 16.2. The van der Waals surface area contributed by atoms with E-state index in [2.05, 4.69) is 10.6 Å². The minimum absolute atomic E-state index is 0.165. The fraction of sp³-hybridized carbons (Fsp3) is 0.286. The molecular weight excluding hydrogens is 377 g/mol. The molecular formula is C21H22FN3O4. The summed E-state index contributed by atoms with van der Waals surface area (Å²) in [4.78, 5) is 37.9. The van der Waals surface area contributed by atoms with Crippen LogP contribution in [0.5, 0.6) is 0 Å². The minimum atomic E-state index is -0.967. The van der Waals surface area contributed by atoms with Crippen molar-refractivity contribution < 1.29 is 23.5 Å². The largest absolute Gasteiger partial charge is 0.370 e. The molecule has 2 aromatic carbocycles. The molecule has 0 radical (unpaired) electrons. The van der Waals surface area contributed by atoms with Crippen LogP contribution in [0.15, 0.2) is 48.5 Å². The number of carbonyl (C=O) groups excluding carboxylic acids is 3. The number of carbonyl (C=O) groups is 3. The maximum absolute atomic E-state index is 13.5. The molecule has 0 unspecified atom stereocenters. The van der Waals surface area contributed by atoms with E-state index in [1.54, 1.807) is 11.8 Å². The van der Waals surface area contributed by atoms with Gasteiger partial charge in [0.1, 0.15) is 11.9 Å². The van der Waals surface area contributed by atoms with Gasteiger partial charge >= 0.3 is 11.8 Å². The third-order valence-corrected chi connectivity index (χ3v) is 4.63. The smallest absolute Gasteiger partial charge is 0.313 e. The summed E-state index contributed by atoms with van der Waals surface area (Å²) in [5.41, 5.74) is 1.56. The molecule has 0 spiro atoms. The van der Waals surface area contributed by atoms with Crippen LogP contribution >= 0.6 is 0 Å². The highest BCUT2D eigenvalue weighted by Gasteiger charge is 2.26. The van der Waals surface area contributed by atoms with E-state index < -0.39 is 17.6 Å². The quantitative estimate of drug-likeness (QED) is 0.768. The molecule has 1 aliphatic heterocycles. The Kier molecular flexibility index (Phi) is 6.56. The van der Waals surface area contributed by atoms with Crippen LogP contribution in [-0.2, 0) is 19.1 Å². The summed E-state index contributed by atoms with van der Waals surface area (Å²) in [6.07, 6.45) is -0.232. The van der Waals surface area contributed by atoms with Crippen LogP contribution in [-0.4, -0.2) is 48.9 Å². The van der Waals surface area contributed by atoms with Crippen molar-refractivity contribution in [1.29, 1.82) is 0 Å². The number of hydrogen-bond acceptors (Lipinski definition) is 4. The number of halogens is 1. The van der Waals surface area contributed by atoms with Crippen LogP contribution in [0, 0.1) is 12.7 Å². The summed E-state index contributed by atoms with van der Waals surface area (Å²) in [7, 11) is 0. The Morgan fingerprint density at radius 2 is 1.90 bits per heavy atom. The highest BCUT2D eigenvalue weighted by atomic mass is 19.1. The molecule has 3 rings (SSSR count). The lowest BCUT2D eigenvalue weighted by atomic mass is 10.1. The number of morpholine rings is 1. The summed E-state index contributed by atoms with van der Waals surface area (Å²) >= 11 is 0. The number of anilines is 1. The average Bonchev–Trinajstić information content (AvgIpc) is 2.75. The van der Waals surface area contributed by atoms with Crippen LogP contribution < -0.4 is 10.6 Å². The molecule has 1 saturated heterocycles. The zero-order valence-corrected chi connectivity index (χ0v) is 16.0. The molecule has 3 amide bonds. The summed E-state index contributed by atoms with van der Waals surface area (Å²) in [5, 5.41) is 4.61. The van der Waals surface area contributed by atoms with Gasteiger partial charge in [-0.1, -0.05) is 36.4 Å². The molecule has 0 aromatic heterocycles. The van der Waals surface area contributed by atoms with Gasteiger partial charge in [-0.15, -0.1) is 0 Å². The van der Waals surface area contributed by atoms with E-state index in [1.807, 2.05) is 30.3 Å². The molecule has 0 aliphatic carbocycles. The van der Waals surface area contributed by atoms with E-state index in [1.165, 1.54) is 12.1 Å². The number of nitrogens with zero attached hydrogens (tertiary/aromatic N) is 1. The van der Waals surface area contributed by atoms with E-state index in [0.717, 1.165) is 11.6 Å². The Labute approximate surface area is 167 Å². The number of rotatable bonds is 4. The van der Waals surface area contributed by atoms with Gasteiger partial charge in [-0.25, -0.2) is 4.39 Å². The van der Waals surface area contributed by atoms with Gasteiger partial charge in [-0.2, -0.15) is 0 Å². The molecule has 29 heavy (non-hydrogen) atoms. The summed E-state index contributed by atoms with van der Waals surface area (Å²) in [5.74, 6) is -2.73. The van der Waals surface area contributed by atoms with E-state index >= 15 is 0 Å². The van der Waals surface area contributed by atoms with Crippen LogP contribution in [0.1, 0.15) is 17.2 Å². The number of benzene rings is 2. The Balaban J connectivity index is 1.49. The number of nitrogens with one attached hydrogen (secondary N) is 2. The predicted octanol–water partition coefficient (Wildman–Crippen LogP) is 1.79. The van der Waals surface area contributed by atoms with Gasteiger partial charge in [0.05, 0.1) is 19.7 Å². The standard InChI is InChI=1S/C21H22FN3O4/c1-14-7-8-16(11-17(14)22)24-21(28)20(27)23-12-19(26)25-9-10-29-18(13-25)15-5-3-2-4-6-15/h2-8,11,18H,9-10,12-13H2,1H3,(H,23,27)(H,24,28)/t18-/m1/s1. The van der Waals surface area contributed by atoms with Gasteiger partial charge in [0.15, 0.2) is 0 Å². The first-order valence-corrected chi connectivity index (χ1v) is 9.23. The molecule has 7 nitrogen and oxygen atoms in total. The van der Waals surface area contributed by atoms with Crippen LogP contribution in [0.4, 0.5) is 10.1 Å². The zero-order chi connectivity index (χ0) is 20.8. The first-order valence-electron chi connectivity index (χ1n) is 9.23.